The average molecular weight is 276 g/mol. The Hall–Kier alpha value is -0.660. The SMILES string of the molecule is CC1CCN(S(=O)(=O)N2C[C@@H](C)[C@H](C(=O)O)C2)C1. The van der Waals surface area contributed by atoms with Gasteiger partial charge in [0.15, 0.2) is 0 Å². The number of hydrogen-bond acceptors (Lipinski definition) is 3. The third kappa shape index (κ3) is 2.39. The zero-order valence-electron chi connectivity index (χ0n) is 10.7. The summed E-state index contributed by atoms with van der Waals surface area (Å²) in [6.45, 7) is 5.33. The molecule has 0 aromatic heterocycles. The van der Waals surface area contributed by atoms with E-state index in [2.05, 4.69) is 0 Å². The first-order valence-corrected chi connectivity index (χ1v) is 7.70. The molecule has 1 N–H and O–H groups in total. The summed E-state index contributed by atoms with van der Waals surface area (Å²) < 4.78 is 27.5. The van der Waals surface area contributed by atoms with Crippen LogP contribution in [-0.2, 0) is 15.0 Å². The Morgan fingerprint density at radius 3 is 2.28 bits per heavy atom. The van der Waals surface area contributed by atoms with Gasteiger partial charge in [-0.25, -0.2) is 0 Å². The molecule has 2 rings (SSSR count). The molecule has 2 aliphatic rings. The molecule has 0 bridgehead atoms. The summed E-state index contributed by atoms with van der Waals surface area (Å²) in [6, 6.07) is 0. The van der Waals surface area contributed by atoms with Crippen molar-refractivity contribution in [1.82, 2.24) is 8.61 Å². The van der Waals surface area contributed by atoms with Gasteiger partial charge in [-0.15, -0.1) is 0 Å². The molecule has 104 valence electrons. The van der Waals surface area contributed by atoms with E-state index < -0.39 is 22.1 Å². The van der Waals surface area contributed by atoms with Crippen molar-refractivity contribution in [3.05, 3.63) is 0 Å². The Morgan fingerprint density at radius 2 is 1.83 bits per heavy atom. The second kappa shape index (κ2) is 4.79. The third-order valence-corrected chi connectivity index (χ3v) is 5.87. The van der Waals surface area contributed by atoms with Crippen LogP contribution in [0.5, 0.6) is 0 Å². The van der Waals surface area contributed by atoms with Gasteiger partial charge in [0, 0.05) is 26.2 Å². The fourth-order valence-corrected chi connectivity index (χ4v) is 4.58. The average Bonchev–Trinajstić information content (AvgIpc) is 2.84. The van der Waals surface area contributed by atoms with Gasteiger partial charge in [-0.2, -0.15) is 17.0 Å². The van der Waals surface area contributed by atoms with Crippen molar-refractivity contribution in [3.8, 4) is 0 Å². The van der Waals surface area contributed by atoms with Crippen molar-refractivity contribution >= 4 is 16.2 Å². The lowest BCUT2D eigenvalue weighted by molar-refractivity contribution is -0.142. The minimum Gasteiger partial charge on any atom is -0.481 e. The number of carbonyl (C=O) groups is 1. The molecule has 2 fully saturated rings. The highest BCUT2D eigenvalue weighted by Crippen LogP contribution is 2.29. The van der Waals surface area contributed by atoms with E-state index in [-0.39, 0.29) is 12.5 Å². The molecular weight excluding hydrogens is 256 g/mol. The highest BCUT2D eigenvalue weighted by Gasteiger charge is 2.43. The predicted octanol–water partition coefficient (Wildman–Crippen LogP) is 0.226. The fraction of sp³-hybridized carbons (Fsp3) is 0.909. The Balaban J connectivity index is 2.10. The van der Waals surface area contributed by atoms with Crippen molar-refractivity contribution in [1.29, 1.82) is 0 Å². The molecule has 0 saturated carbocycles. The van der Waals surface area contributed by atoms with Gasteiger partial charge in [0.1, 0.15) is 0 Å². The standard InChI is InChI=1S/C11H20N2O4S/c1-8-3-4-12(5-8)18(16,17)13-6-9(2)10(7-13)11(14)15/h8-10H,3-7H2,1-2H3,(H,14,15)/t8?,9-,10-/m1/s1. The van der Waals surface area contributed by atoms with Crippen LogP contribution in [0.4, 0.5) is 0 Å². The molecule has 2 aliphatic heterocycles. The van der Waals surface area contributed by atoms with E-state index in [1.165, 1.54) is 8.61 Å². The molecule has 2 saturated heterocycles. The number of rotatable bonds is 3. The zero-order valence-corrected chi connectivity index (χ0v) is 11.6. The van der Waals surface area contributed by atoms with Gasteiger partial charge in [-0.3, -0.25) is 4.79 Å². The lowest BCUT2D eigenvalue weighted by atomic mass is 9.99. The number of carboxylic acid groups (broad SMARTS) is 1. The van der Waals surface area contributed by atoms with Gasteiger partial charge >= 0.3 is 5.97 Å². The van der Waals surface area contributed by atoms with E-state index in [1.807, 2.05) is 6.92 Å². The van der Waals surface area contributed by atoms with E-state index in [0.717, 1.165) is 6.42 Å². The number of carboxylic acids is 1. The maximum atomic E-state index is 12.4. The van der Waals surface area contributed by atoms with Gasteiger partial charge in [0.2, 0.25) is 0 Å². The molecule has 0 radical (unpaired) electrons. The van der Waals surface area contributed by atoms with E-state index in [4.69, 9.17) is 5.11 Å². The number of hydrogen-bond donors (Lipinski definition) is 1. The van der Waals surface area contributed by atoms with Gasteiger partial charge in [-0.05, 0) is 18.3 Å². The van der Waals surface area contributed by atoms with Crippen LogP contribution in [0, 0.1) is 17.8 Å². The molecule has 6 nitrogen and oxygen atoms in total. The highest BCUT2D eigenvalue weighted by molar-refractivity contribution is 7.86. The van der Waals surface area contributed by atoms with Crippen LogP contribution in [0.1, 0.15) is 20.3 Å². The molecule has 0 amide bonds. The monoisotopic (exact) mass is 276 g/mol. The lowest BCUT2D eigenvalue weighted by Gasteiger charge is -2.23. The smallest absolute Gasteiger partial charge is 0.308 e. The van der Waals surface area contributed by atoms with Crippen molar-refractivity contribution in [3.63, 3.8) is 0 Å². The van der Waals surface area contributed by atoms with Gasteiger partial charge in [-0.1, -0.05) is 13.8 Å². The first kappa shape index (κ1) is 13.8. The molecule has 18 heavy (non-hydrogen) atoms. The Kier molecular flexibility index (Phi) is 3.66. The van der Waals surface area contributed by atoms with Crippen LogP contribution in [-0.4, -0.2) is 54.3 Å². The molecule has 0 aromatic rings. The summed E-state index contributed by atoms with van der Waals surface area (Å²) in [6.07, 6.45) is 0.880. The van der Waals surface area contributed by atoms with Crippen LogP contribution in [0.15, 0.2) is 0 Å². The van der Waals surface area contributed by atoms with Crippen LogP contribution >= 0.6 is 0 Å². The first-order valence-electron chi connectivity index (χ1n) is 6.30. The molecule has 2 heterocycles. The number of aliphatic carboxylic acids is 1. The van der Waals surface area contributed by atoms with Crippen LogP contribution in [0.2, 0.25) is 0 Å². The second-order valence-corrected chi connectivity index (χ2v) is 7.43. The lowest BCUT2D eigenvalue weighted by Crippen LogP contribution is -2.42. The molecular formula is C11H20N2O4S. The summed E-state index contributed by atoms with van der Waals surface area (Å²) >= 11 is 0. The van der Waals surface area contributed by atoms with Gasteiger partial charge < -0.3 is 5.11 Å². The van der Waals surface area contributed by atoms with Crippen molar-refractivity contribution in [2.24, 2.45) is 17.8 Å². The fourth-order valence-electron chi connectivity index (χ4n) is 2.70. The summed E-state index contributed by atoms with van der Waals surface area (Å²) in [5.74, 6) is -1.23. The Labute approximate surface area is 108 Å². The van der Waals surface area contributed by atoms with E-state index in [0.29, 0.717) is 25.6 Å². The largest absolute Gasteiger partial charge is 0.481 e. The highest BCUT2D eigenvalue weighted by atomic mass is 32.2. The maximum Gasteiger partial charge on any atom is 0.308 e. The summed E-state index contributed by atoms with van der Waals surface area (Å²) in [5.41, 5.74) is 0. The van der Waals surface area contributed by atoms with E-state index >= 15 is 0 Å². The zero-order chi connectivity index (χ0) is 13.5. The summed E-state index contributed by atoms with van der Waals surface area (Å²) in [5, 5.41) is 9.04. The molecule has 1 unspecified atom stereocenters. The second-order valence-electron chi connectivity index (χ2n) is 5.50. The topological polar surface area (TPSA) is 77.9 Å². The third-order valence-electron chi connectivity index (χ3n) is 3.94. The summed E-state index contributed by atoms with van der Waals surface area (Å²) in [4.78, 5) is 11.0. The minimum atomic E-state index is -3.47. The van der Waals surface area contributed by atoms with Gasteiger partial charge in [0.25, 0.3) is 10.2 Å². The molecule has 3 atom stereocenters. The van der Waals surface area contributed by atoms with Crippen LogP contribution < -0.4 is 0 Å². The van der Waals surface area contributed by atoms with Crippen molar-refractivity contribution in [2.75, 3.05) is 26.2 Å². The Bertz CT molecular complexity index is 436. The van der Waals surface area contributed by atoms with Crippen molar-refractivity contribution < 1.29 is 18.3 Å². The van der Waals surface area contributed by atoms with Crippen LogP contribution in [0.25, 0.3) is 0 Å². The van der Waals surface area contributed by atoms with E-state index in [9.17, 15) is 13.2 Å². The molecule has 7 heteroatoms. The molecule has 0 aromatic carbocycles. The number of nitrogens with zero attached hydrogens (tertiary/aromatic N) is 2. The molecule has 0 spiro atoms. The predicted molar refractivity (Wildman–Crippen MR) is 66.1 cm³/mol. The normalized spacial score (nSPS) is 35.1. The van der Waals surface area contributed by atoms with E-state index in [1.54, 1.807) is 6.92 Å². The van der Waals surface area contributed by atoms with Gasteiger partial charge in [0.05, 0.1) is 5.92 Å². The maximum absolute atomic E-state index is 12.4. The minimum absolute atomic E-state index is 0.101. The Morgan fingerprint density at radius 1 is 1.17 bits per heavy atom. The summed E-state index contributed by atoms with van der Waals surface area (Å²) in [7, 11) is -3.47. The van der Waals surface area contributed by atoms with Crippen LogP contribution in [0.3, 0.4) is 0 Å². The quantitative estimate of drug-likeness (QED) is 0.800. The van der Waals surface area contributed by atoms with Crippen molar-refractivity contribution in [2.45, 2.75) is 20.3 Å². The first-order chi connectivity index (χ1) is 8.32. The molecule has 0 aliphatic carbocycles.